The SMILES string of the molecule is Cc1ccc(-c2ccc3oc4c(c3c2)=CC(c2ccc(-n3c5ccccc5c5ccccc53)cc2)CC=4)cc1. The smallest absolute Gasteiger partial charge is 0.135 e. The molecule has 7 aromatic rings. The van der Waals surface area contributed by atoms with Gasteiger partial charge in [-0.15, -0.1) is 0 Å². The molecule has 0 saturated heterocycles. The predicted octanol–water partition coefficient (Wildman–Crippen LogP) is 8.25. The van der Waals surface area contributed by atoms with Crippen molar-refractivity contribution in [2.45, 2.75) is 19.3 Å². The van der Waals surface area contributed by atoms with Gasteiger partial charge in [0.2, 0.25) is 0 Å². The third-order valence-corrected chi connectivity index (χ3v) is 8.22. The quantitative estimate of drug-likeness (QED) is 0.238. The van der Waals surface area contributed by atoms with Gasteiger partial charge in [-0.05, 0) is 72.5 Å². The van der Waals surface area contributed by atoms with Crippen molar-refractivity contribution in [2.24, 2.45) is 0 Å². The van der Waals surface area contributed by atoms with Gasteiger partial charge in [0.25, 0.3) is 0 Å². The average Bonchev–Trinajstić information content (AvgIpc) is 3.53. The van der Waals surface area contributed by atoms with Crippen LogP contribution in [0.1, 0.15) is 23.5 Å². The van der Waals surface area contributed by atoms with E-state index in [2.05, 4.69) is 139 Å². The first-order valence-electron chi connectivity index (χ1n) is 13.6. The minimum atomic E-state index is 0.313. The van der Waals surface area contributed by atoms with Gasteiger partial charge in [0.15, 0.2) is 0 Å². The minimum Gasteiger partial charge on any atom is -0.456 e. The summed E-state index contributed by atoms with van der Waals surface area (Å²) >= 11 is 0. The Kier molecular flexibility index (Phi) is 4.90. The zero-order chi connectivity index (χ0) is 25.9. The fourth-order valence-electron chi connectivity index (χ4n) is 6.19. The molecular weight excluding hydrogens is 474 g/mol. The second-order valence-electron chi connectivity index (χ2n) is 10.6. The number of hydrogen-bond acceptors (Lipinski definition) is 1. The van der Waals surface area contributed by atoms with Gasteiger partial charge in [-0.25, -0.2) is 0 Å². The van der Waals surface area contributed by atoms with Crippen molar-refractivity contribution in [1.82, 2.24) is 4.57 Å². The highest BCUT2D eigenvalue weighted by Gasteiger charge is 2.16. The molecule has 2 heteroatoms. The van der Waals surface area contributed by atoms with E-state index in [4.69, 9.17) is 4.42 Å². The van der Waals surface area contributed by atoms with Gasteiger partial charge in [-0.3, -0.25) is 0 Å². The fraction of sp³-hybridized carbons (Fsp3) is 0.0811. The Morgan fingerprint density at radius 2 is 1.33 bits per heavy atom. The number of aryl methyl sites for hydroxylation is 1. The Morgan fingerprint density at radius 3 is 2.05 bits per heavy atom. The lowest BCUT2D eigenvalue weighted by Crippen LogP contribution is -2.25. The summed E-state index contributed by atoms with van der Waals surface area (Å²) in [6, 6.07) is 41.7. The van der Waals surface area contributed by atoms with E-state index < -0.39 is 0 Å². The molecule has 39 heavy (non-hydrogen) atoms. The number of fused-ring (bicyclic) bond motifs is 6. The van der Waals surface area contributed by atoms with Crippen molar-refractivity contribution < 1.29 is 4.42 Å². The first kappa shape index (κ1) is 22.2. The van der Waals surface area contributed by atoms with Gasteiger partial charge in [0, 0.05) is 33.0 Å². The lowest BCUT2D eigenvalue weighted by molar-refractivity contribution is 0.570. The van der Waals surface area contributed by atoms with Crippen LogP contribution in [0.3, 0.4) is 0 Å². The van der Waals surface area contributed by atoms with Crippen LogP contribution in [0.2, 0.25) is 0 Å². The zero-order valence-electron chi connectivity index (χ0n) is 21.8. The standard InChI is InChI=1S/C37H27NO/c1-24-10-12-25(13-11-24)27-16-20-36-32(22-27)33-23-28(17-21-37(33)39-36)26-14-18-29(19-15-26)38-34-8-4-2-6-30(34)31-7-3-5-9-35(31)38/h2-16,18-23,28H,17H2,1H3. The summed E-state index contributed by atoms with van der Waals surface area (Å²) in [5.41, 5.74) is 10.7. The molecule has 1 aliphatic rings. The molecule has 2 nitrogen and oxygen atoms in total. The molecule has 1 aliphatic carbocycles. The van der Waals surface area contributed by atoms with Crippen molar-refractivity contribution >= 4 is 44.9 Å². The first-order chi connectivity index (χ1) is 19.2. The van der Waals surface area contributed by atoms with Crippen LogP contribution in [-0.2, 0) is 0 Å². The van der Waals surface area contributed by atoms with Crippen LogP contribution in [0.5, 0.6) is 0 Å². The third kappa shape index (κ3) is 3.56. The molecule has 186 valence electrons. The van der Waals surface area contributed by atoms with E-state index in [0.29, 0.717) is 5.92 Å². The molecule has 0 saturated carbocycles. The van der Waals surface area contributed by atoms with Crippen molar-refractivity contribution in [1.29, 1.82) is 0 Å². The number of furan rings is 1. The number of benzene rings is 5. The van der Waals surface area contributed by atoms with Crippen molar-refractivity contribution in [2.75, 3.05) is 0 Å². The van der Waals surface area contributed by atoms with Gasteiger partial charge in [-0.1, -0.05) is 90.5 Å². The first-order valence-corrected chi connectivity index (χ1v) is 13.6. The van der Waals surface area contributed by atoms with E-state index >= 15 is 0 Å². The summed E-state index contributed by atoms with van der Waals surface area (Å²) in [7, 11) is 0. The van der Waals surface area contributed by atoms with E-state index in [0.717, 1.165) is 17.4 Å². The second kappa shape index (κ2) is 8.61. The molecule has 1 unspecified atom stereocenters. The summed E-state index contributed by atoms with van der Waals surface area (Å²) in [4.78, 5) is 0. The third-order valence-electron chi connectivity index (χ3n) is 8.22. The molecule has 0 radical (unpaired) electrons. The molecular formula is C37H27NO. The monoisotopic (exact) mass is 501 g/mol. The summed E-state index contributed by atoms with van der Waals surface area (Å²) in [5, 5.41) is 4.97. The van der Waals surface area contributed by atoms with Crippen molar-refractivity contribution in [3.05, 3.63) is 137 Å². The van der Waals surface area contributed by atoms with E-state index in [1.54, 1.807) is 0 Å². The second-order valence-corrected chi connectivity index (χ2v) is 10.6. The molecule has 0 amide bonds. The lowest BCUT2D eigenvalue weighted by Gasteiger charge is -2.15. The Balaban J connectivity index is 1.20. The Morgan fingerprint density at radius 1 is 0.667 bits per heavy atom. The van der Waals surface area contributed by atoms with E-state index in [1.807, 2.05) is 0 Å². The van der Waals surface area contributed by atoms with Gasteiger partial charge < -0.3 is 8.98 Å². The highest BCUT2D eigenvalue weighted by molar-refractivity contribution is 6.09. The molecule has 8 rings (SSSR count). The summed E-state index contributed by atoms with van der Waals surface area (Å²) in [6.07, 6.45) is 5.59. The Labute approximate surface area is 226 Å². The number of para-hydroxylation sites is 2. The van der Waals surface area contributed by atoms with Gasteiger partial charge in [0.1, 0.15) is 11.0 Å². The number of nitrogens with zero attached hydrogens (tertiary/aromatic N) is 1. The van der Waals surface area contributed by atoms with Gasteiger partial charge >= 0.3 is 0 Å². The van der Waals surface area contributed by atoms with E-state index in [1.165, 1.54) is 60.4 Å². The number of hydrogen-bond donors (Lipinski definition) is 0. The van der Waals surface area contributed by atoms with E-state index in [9.17, 15) is 0 Å². The van der Waals surface area contributed by atoms with Crippen LogP contribution in [-0.4, -0.2) is 4.57 Å². The highest BCUT2D eigenvalue weighted by atomic mass is 16.3. The van der Waals surface area contributed by atoms with Crippen molar-refractivity contribution in [3.63, 3.8) is 0 Å². The maximum Gasteiger partial charge on any atom is 0.135 e. The van der Waals surface area contributed by atoms with Crippen LogP contribution >= 0.6 is 0 Å². The molecule has 0 spiro atoms. The molecule has 1 atom stereocenters. The van der Waals surface area contributed by atoms with Gasteiger partial charge in [-0.2, -0.15) is 0 Å². The number of rotatable bonds is 3. The Hall–Kier alpha value is -4.82. The van der Waals surface area contributed by atoms with Crippen LogP contribution < -0.4 is 10.6 Å². The molecule has 0 N–H and O–H groups in total. The Bertz CT molecular complexity index is 2090. The van der Waals surface area contributed by atoms with Crippen LogP contribution in [0.15, 0.2) is 120 Å². The minimum absolute atomic E-state index is 0.313. The van der Waals surface area contributed by atoms with E-state index in [-0.39, 0.29) is 0 Å². The molecule has 0 aliphatic heterocycles. The molecule has 5 aromatic carbocycles. The predicted molar refractivity (Wildman–Crippen MR) is 163 cm³/mol. The van der Waals surface area contributed by atoms with Crippen LogP contribution in [0.4, 0.5) is 0 Å². The maximum absolute atomic E-state index is 6.24. The van der Waals surface area contributed by atoms with Crippen LogP contribution in [0, 0.1) is 6.92 Å². The average molecular weight is 502 g/mol. The van der Waals surface area contributed by atoms with Gasteiger partial charge in [0.05, 0.1) is 11.0 Å². The summed E-state index contributed by atoms with van der Waals surface area (Å²) in [5.74, 6) is 0.313. The fourth-order valence-corrected chi connectivity index (χ4v) is 6.19. The maximum atomic E-state index is 6.24. The topological polar surface area (TPSA) is 18.1 Å². The molecule has 2 aromatic heterocycles. The van der Waals surface area contributed by atoms with Crippen molar-refractivity contribution in [3.8, 4) is 16.8 Å². The highest BCUT2D eigenvalue weighted by Crippen LogP contribution is 2.33. The molecule has 2 heterocycles. The zero-order valence-corrected chi connectivity index (χ0v) is 21.8. The summed E-state index contributed by atoms with van der Waals surface area (Å²) in [6.45, 7) is 2.12. The lowest BCUT2D eigenvalue weighted by atomic mass is 9.91. The summed E-state index contributed by atoms with van der Waals surface area (Å²) < 4.78 is 8.62. The largest absolute Gasteiger partial charge is 0.456 e. The molecule has 0 fully saturated rings. The molecule has 0 bridgehead atoms. The number of aromatic nitrogens is 1. The normalized spacial score (nSPS) is 14.8. The van der Waals surface area contributed by atoms with Crippen LogP contribution in [0.25, 0.3) is 61.7 Å².